The van der Waals surface area contributed by atoms with Gasteiger partial charge in [0, 0.05) is 24.8 Å². The first kappa shape index (κ1) is 11.1. The van der Waals surface area contributed by atoms with Crippen LogP contribution < -0.4 is 4.90 Å². The molecule has 0 amide bonds. The molecule has 0 spiro atoms. The average Bonchev–Trinajstić information content (AvgIpc) is 2.64. The molecule has 2 nitrogen and oxygen atoms in total. The SMILES string of the molecule is Cc1ccccc1N1C2CCCN(CC2)C1C. The van der Waals surface area contributed by atoms with Crippen LogP contribution in [0.3, 0.4) is 0 Å². The van der Waals surface area contributed by atoms with Crippen LogP contribution >= 0.6 is 0 Å². The standard InChI is InChI=1S/C15H22N2/c1-12-6-3-4-8-15(12)17-13(2)16-10-5-7-14(17)9-11-16/h3-4,6,8,13-14H,5,7,9-11H2,1-2H3. The summed E-state index contributed by atoms with van der Waals surface area (Å²) in [6.45, 7) is 7.16. The van der Waals surface area contributed by atoms with Gasteiger partial charge in [-0.15, -0.1) is 0 Å². The minimum absolute atomic E-state index is 0.567. The highest BCUT2D eigenvalue weighted by atomic mass is 15.4. The van der Waals surface area contributed by atoms with E-state index in [4.69, 9.17) is 0 Å². The highest BCUT2D eigenvalue weighted by molar-refractivity contribution is 5.55. The third kappa shape index (κ3) is 1.85. The van der Waals surface area contributed by atoms with Gasteiger partial charge in [0.05, 0.1) is 6.17 Å². The summed E-state index contributed by atoms with van der Waals surface area (Å²) >= 11 is 0. The Kier molecular flexibility index (Phi) is 2.83. The Hall–Kier alpha value is -1.02. The molecular formula is C15H22N2. The maximum atomic E-state index is 2.66. The van der Waals surface area contributed by atoms with Crippen molar-refractivity contribution in [3.63, 3.8) is 0 Å². The predicted octanol–water partition coefficient (Wildman–Crippen LogP) is 3.02. The molecule has 0 saturated carbocycles. The van der Waals surface area contributed by atoms with Crippen molar-refractivity contribution < 1.29 is 0 Å². The summed E-state index contributed by atoms with van der Waals surface area (Å²) in [6.07, 6.45) is 4.61. The molecule has 1 aromatic carbocycles. The topological polar surface area (TPSA) is 6.48 Å². The van der Waals surface area contributed by atoms with Crippen LogP contribution in [0, 0.1) is 6.92 Å². The van der Waals surface area contributed by atoms with Gasteiger partial charge in [-0.3, -0.25) is 4.90 Å². The molecule has 17 heavy (non-hydrogen) atoms. The van der Waals surface area contributed by atoms with Crippen molar-refractivity contribution in [1.82, 2.24) is 4.90 Å². The van der Waals surface area contributed by atoms with Crippen molar-refractivity contribution in [2.75, 3.05) is 18.0 Å². The van der Waals surface area contributed by atoms with E-state index in [1.54, 1.807) is 0 Å². The van der Waals surface area contributed by atoms with Crippen LogP contribution in [0.25, 0.3) is 0 Å². The molecule has 3 saturated heterocycles. The molecule has 0 aromatic heterocycles. The fraction of sp³-hybridized carbons (Fsp3) is 0.600. The van der Waals surface area contributed by atoms with Crippen molar-refractivity contribution in [3.05, 3.63) is 29.8 Å². The zero-order valence-electron chi connectivity index (χ0n) is 10.9. The summed E-state index contributed by atoms with van der Waals surface area (Å²) in [5, 5.41) is 0. The van der Waals surface area contributed by atoms with Crippen LogP contribution in [0.5, 0.6) is 0 Å². The molecule has 3 aliphatic rings. The van der Waals surface area contributed by atoms with Gasteiger partial charge in [0.1, 0.15) is 0 Å². The van der Waals surface area contributed by atoms with E-state index in [2.05, 4.69) is 47.9 Å². The lowest BCUT2D eigenvalue weighted by atomic mass is 10.0. The predicted molar refractivity (Wildman–Crippen MR) is 72.3 cm³/mol. The number of nitrogens with zero attached hydrogens (tertiary/aromatic N) is 2. The molecule has 4 rings (SSSR count). The molecule has 92 valence electrons. The fourth-order valence-electron chi connectivity index (χ4n) is 3.48. The first-order valence-electron chi connectivity index (χ1n) is 6.85. The zero-order chi connectivity index (χ0) is 11.8. The molecule has 3 heterocycles. The fourth-order valence-corrected chi connectivity index (χ4v) is 3.48. The number of para-hydroxylation sites is 1. The molecule has 3 aliphatic heterocycles. The number of rotatable bonds is 1. The van der Waals surface area contributed by atoms with Crippen LogP contribution in [-0.4, -0.2) is 30.2 Å². The Morgan fingerprint density at radius 1 is 1.12 bits per heavy atom. The molecule has 0 aliphatic carbocycles. The number of aryl methyl sites for hydroxylation is 1. The second kappa shape index (κ2) is 4.34. The number of benzene rings is 1. The number of hydrogen-bond acceptors (Lipinski definition) is 2. The maximum Gasteiger partial charge on any atom is 0.0795 e. The summed E-state index contributed by atoms with van der Waals surface area (Å²) in [7, 11) is 0. The molecule has 3 fully saturated rings. The highest BCUT2D eigenvalue weighted by Gasteiger charge is 2.35. The van der Waals surface area contributed by atoms with E-state index in [-0.39, 0.29) is 0 Å². The third-order valence-electron chi connectivity index (χ3n) is 4.45. The summed E-state index contributed by atoms with van der Waals surface area (Å²) in [4.78, 5) is 5.29. The molecule has 1 aromatic rings. The lowest BCUT2D eigenvalue weighted by molar-refractivity contribution is 0.177. The molecule has 2 bridgehead atoms. The highest BCUT2D eigenvalue weighted by Crippen LogP contribution is 2.34. The van der Waals surface area contributed by atoms with E-state index < -0.39 is 0 Å². The summed E-state index contributed by atoms with van der Waals surface area (Å²) in [5.41, 5.74) is 2.85. The molecular weight excluding hydrogens is 208 g/mol. The van der Waals surface area contributed by atoms with E-state index in [1.165, 1.54) is 43.6 Å². The van der Waals surface area contributed by atoms with E-state index in [9.17, 15) is 0 Å². The summed E-state index contributed by atoms with van der Waals surface area (Å²) < 4.78 is 0. The van der Waals surface area contributed by atoms with Crippen LogP contribution in [-0.2, 0) is 0 Å². The van der Waals surface area contributed by atoms with Crippen molar-refractivity contribution in [3.8, 4) is 0 Å². The largest absolute Gasteiger partial charge is 0.353 e. The minimum atomic E-state index is 0.567. The Balaban J connectivity index is 1.99. The lowest BCUT2D eigenvalue weighted by Crippen LogP contribution is -2.55. The molecule has 3 atom stereocenters. The van der Waals surface area contributed by atoms with Crippen LogP contribution in [0.4, 0.5) is 5.69 Å². The Morgan fingerprint density at radius 3 is 2.76 bits per heavy atom. The average molecular weight is 230 g/mol. The van der Waals surface area contributed by atoms with Gasteiger partial charge in [-0.25, -0.2) is 0 Å². The van der Waals surface area contributed by atoms with Crippen LogP contribution in [0.1, 0.15) is 31.7 Å². The van der Waals surface area contributed by atoms with Gasteiger partial charge in [0.25, 0.3) is 0 Å². The van der Waals surface area contributed by atoms with Gasteiger partial charge in [-0.2, -0.15) is 0 Å². The van der Waals surface area contributed by atoms with Gasteiger partial charge >= 0.3 is 0 Å². The third-order valence-corrected chi connectivity index (χ3v) is 4.45. The molecule has 0 N–H and O–H groups in total. The van der Waals surface area contributed by atoms with E-state index in [1.807, 2.05) is 0 Å². The monoisotopic (exact) mass is 230 g/mol. The summed E-state index contributed by atoms with van der Waals surface area (Å²) in [6, 6.07) is 9.58. The maximum absolute atomic E-state index is 2.66. The normalized spacial score (nSPS) is 32.6. The number of anilines is 1. The van der Waals surface area contributed by atoms with Gasteiger partial charge in [0.2, 0.25) is 0 Å². The van der Waals surface area contributed by atoms with Gasteiger partial charge in [-0.05, 0) is 44.7 Å². The van der Waals surface area contributed by atoms with Crippen LogP contribution in [0.2, 0.25) is 0 Å². The van der Waals surface area contributed by atoms with Crippen molar-refractivity contribution >= 4 is 5.69 Å². The van der Waals surface area contributed by atoms with Crippen molar-refractivity contribution in [2.45, 2.75) is 45.3 Å². The Labute approximate surface area is 104 Å². The van der Waals surface area contributed by atoms with Gasteiger partial charge < -0.3 is 4.90 Å². The van der Waals surface area contributed by atoms with Crippen molar-refractivity contribution in [2.24, 2.45) is 0 Å². The Bertz CT molecular complexity index is 396. The molecule has 0 radical (unpaired) electrons. The van der Waals surface area contributed by atoms with Crippen LogP contribution in [0.15, 0.2) is 24.3 Å². The summed E-state index contributed by atoms with van der Waals surface area (Å²) in [5.74, 6) is 0. The van der Waals surface area contributed by atoms with Gasteiger partial charge in [-0.1, -0.05) is 18.2 Å². The second-order valence-electron chi connectivity index (χ2n) is 5.45. The van der Waals surface area contributed by atoms with Gasteiger partial charge in [0.15, 0.2) is 0 Å². The Morgan fingerprint density at radius 2 is 1.94 bits per heavy atom. The minimum Gasteiger partial charge on any atom is -0.353 e. The number of hydrogen-bond donors (Lipinski definition) is 0. The van der Waals surface area contributed by atoms with E-state index in [0.717, 1.165) is 6.04 Å². The first-order chi connectivity index (χ1) is 8.27. The van der Waals surface area contributed by atoms with Crippen molar-refractivity contribution in [1.29, 1.82) is 0 Å². The second-order valence-corrected chi connectivity index (χ2v) is 5.45. The van der Waals surface area contributed by atoms with E-state index in [0.29, 0.717) is 6.17 Å². The van der Waals surface area contributed by atoms with E-state index >= 15 is 0 Å². The smallest absolute Gasteiger partial charge is 0.0795 e. The number of fused-ring (bicyclic) bond motifs is 4. The zero-order valence-corrected chi connectivity index (χ0v) is 10.9. The molecule has 3 unspecified atom stereocenters. The molecule has 2 heteroatoms. The first-order valence-corrected chi connectivity index (χ1v) is 6.85. The quantitative estimate of drug-likeness (QED) is 0.731. The lowest BCUT2D eigenvalue weighted by Gasteiger charge is -2.46.